The number of H-pyrrole nitrogens is 1. The summed E-state index contributed by atoms with van der Waals surface area (Å²) in [6.45, 7) is 4.89. The molecule has 0 aliphatic rings. The fourth-order valence-electron chi connectivity index (χ4n) is 2.91. The summed E-state index contributed by atoms with van der Waals surface area (Å²) in [5.74, 6) is 0.0850. The molecule has 0 spiro atoms. The molecule has 0 aliphatic carbocycles. The van der Waals surface area contributed by atoms with E-state index in [1.165, 1.54) is 21.7 Å². The van der Waals surface area contributed by atoms with Crippen molar-refractivity contribution in [2.75, 3.05) is 6.54 Å². The van der Waals surface area contributed by atoms with Gasteiger partial charge in [0, 0.05) is 19.2 Å². The maximum atomic E-state index is 12.9. The molecule has 1 amide bonds. The number of unbranched alkanes of at least 4 members (excludes halogenated alkanes) is 1. The number of rotatable bonds is 7. The van der Waals surface area contributed by atoms with Gasteiger partial charge in [-0.05, 0) is 31.5 Å². The highest BCUT2D eigenvalue weighted by molar-refractivity contribution is 5.92. The Hall–Kier alpha value is -3.29. The number of aromatic amines is 1. The molecule has 0 fully saturated rings. The Balaban J connectivity index is 1.86. The molecule has 146 valence electrons. The molecule has 0 unspecified atom stereocenters. The van der Waals surface area contributed by atoms with Crippen LogP contribution in [-0.2, 0) is 13.1 Å². The molecule has 0 aliphatic heterocycles. The van der Waals surface area contributed by atoms with Gasteiger partial charge in [-0.25, -0.2) is 9.67 Å². The van der Waals surface area contributed by atoms with E-state index in [0.717, 1.165) is 12.8 Å². The Morgan fingerprint density at radius 2 is 1.93 bits per heavy atom. The van der Waals surface area contributed by atoms with Crippen LogP contribution in [0.15, 0.2) is 46.0 Å². The summed E-state index contributed by atoms with van der Waals surface area (Å²) >= 11 is 0. The molecule has 2 heterocycles. The van der Waals surface area contributed by atoms with E-state index < -0.39 is 0 Å². The highest BCUT2D eigenvalue weighted by Crippen LogP contribution is 2.09. The van der Waals surface area contributed by atoms with Gasteiger partial charge in [-0.1, -0.05) is 25.5 Å². The summed E-state index contributed by atoms with van der Waals surface area (Å²) in [4.78, 5) is 45.8. The summed E-state index contributed by atoms with van der Waals surface area (Å²) in [7, 11) is 0. The SMILES string of the molecule is CCCCn1nc(C(=O)N(CC)Cc2nc3ccccc3c(=O)[nH]2)ccc1=O. The topological polar surface area (TPSA) is 101 Å². The van der Waals surface area contributed by atoms with Crippen molar-refractivity contribution in [2.24, 2.45) is 0 Å². The minimum Gasteiger partial charge on any atom is -0.330 e. The first-order chi connectivity index (χ1) is 13.5. The maximum Gasteiger partial charge on any atom is 0.274 e. The third kappa shape index (κ3) is 4.16. The molecule has 1 N–H and O–H groups in total. The number of aryl methyl sites for hydroxylation is 1. The van der Waals surface area contributed by atoms with Crippen molar-refractivity contribution in [1.29, 1.82) is 0 Å². The first kappa shape index (κ1) is 19.5. The Morgan fingerprint density at radius 1 is 1.14 bits per heavy atom. The van der Waals surface area contributed by atoms with Gasteiger partial charge in [0.25, 0.3) is 17.0 Å². The van der Waals surface area contributed by atoms with Crippen molar-refractivity contribution in [3.8, 4) is 0 Å². The largest absolute Gasteiger partial charge is 0.330 e. The van der Waals surface area contributed by atoms with Crippen LogP contribution >= 0.6 is 0 Å². The smallest absolute Gasteiger partial charge is 0.274 e. The monoisotopic (exact) mass is 381 g/mol. The number of para-hydroxylation sites is 1. The number of nitrogens with one attached hydrogen (secondary N) is 1. The lowest BCUT2D eigenvalue weighted by molar-refractivity contribution is 0.0739. The van der Waals surface area contributed by atoms with Gasteiger partial charge in [-0.2, -0.15) is 5.10 Å². The van der Waals surface area contributed by atoms with Gasteiger partial charge in [0.2, 0.25) is 0 Å². The van der Waals surface area contributed by atoms with Crippen LogP contribution in [-0.4, -0.2) is 37.1 Å². The number of carbonyl (C=O) groups excluding carboxylic acids is 1. The molecule has 2 aromatic heterocycles. The van der Waals surface area contributed by atoms with Crippen LogP contribution in [0.1, 0.15) is 43.0 Å². The van der Waals surface area contributed by atoms with Gasteiger partial charge in [0.15, 0.2) is 0 Å². The van der Waals surface area contributed by atoms with Crippen molar-refractivity contribution in [2.45, 2.75) is 39.8 Å². The van der Waals surface area contributed by atoms with E-state index in [4.69, 9.17) is 0 Å². The van der Waals surface area contributed by atoms with Crippen molar-refractivity contribution in [3.05, 3.63) is 68.6 Å². The number of fused-ring (bicyclic) bond motifs is 1. The van der Waals surface area contributed by atoms with Gasteiger partial charge < -0.3 is 9.88 Å². The van der Waals surface area contributed by atoms with Crippen LogP contribution in [0.3, 0.4) is 0 Å². The number of hydrogen-bond acceptors (Lipinski definition) is 5. The molecule has 0 atom stereocenters. The number of benzene rings is 1. The van der Waals surface area contributed by atoms with E-state index in [1.807, 2.05) is 19.9 Å². The van der Waals surface area contributed by atoms with E-state index in [-0.39, 0.29) is 29.3 Å². The third-order valence-corrected chi connectivity index (χ3v) is 4.48. The fourth-order valence-corrected chi connectivity index (χ4v) is 2.91. The van der Waals surface area contributed by atoms with E-state index in [9.17, 15) is 14.4 Å². The minimum atomic E-state index is -0.316. The van der Waals surface area contributed by atoms with Crippen molar-refractivity contribution < 1.29 is 4.79 Å². The highest BCUT2D eigenvalue weighted by atomic mass is 16.2. The third-order valence-electron chi connectivity index (χ3n) is 4.48. The molecule has 8 nitrogen and oxygen atoms in total. The fraction of sp³-hybridized carbons (Fsp3) is 0.350. The van der Waals surface area contributed by atoms with Gasteiger partial charge in [-0.15, -0.1) is 0 Å². The Labute approximate surface area is 161 Å². The first-order valence-electron chi connectivity index (χ1n) is 9.38. The Kier molecular flexibility index (Phi) is 5.98. The molecule has 0 bridgehead atoms. The molecule has 3 rings (SSSR count). The van der Waals surface area contributed by atoms with Crippen LogP contribution in [0.2, 0.25) is 0 Å². The van der Waals surface area contributed by atoms with Crippen LogP contribution in [0.25, 0.3) is 10.9 Å². The molecular formula is C20H23N5O3. The first-order valence-corrected chi connectivity index (χ1v) is 9.38. The average Bonchev–Trinajstić information content (AvgIpc) is 2.71. The molecule has 3 aromatic rings. The van der Waals surface area contributed by atoms with Crippen LogP contribution in [0.5, 0.6) is 0 Å². The van der Waals surface area contributed by atoms with Gasteiger partial charge in [0.05, 0.1) is 17.4 Å². The van der Waals surface area contributed by atoms with Gasteiger partial charge in [-0.3, -0.25) is 14.4 Å². The summed E-state index contributed by atoms with van der Waals surface area (Å²) in [6.07, 6.45) is 1.73. The summed E-state index contributed by atoms with van der Waals surface area (Å²) in [5, 5.41) is 4.71. The lowest BCUT2D eigenvalue weighted by atomic mass is 10.2. The van der Waals surface area contributed by atoms with E-state index >= 15 is 0 Å². The Bertz CT molecular complexity index is 1100. The van der Waals surface area contributed by atoms with Gasteiger partial charge in [0.1, 0.15) is 11.5 Å². The number of hydrogen-bond donors (Lipinski definition) is 1. The zero-order valence-corrected chi connectivity index (χ0v) is 16.0. The number of amides is 1. The van der Waals surface area contributed by atoms with Crippen LogP contribution in [0.4, 0.5) is 0 Å². The predicted octanol–water partition coefficient (Wildman–Crippen LogP) is 1.94. The molecule has 0 saturated heterocycles. The van der Waals surface area contributed by atoms with Crippen molar-refractivity contribution in [1.82, 2.24) is 24.6 Å². The molecule has 0 saturated carbocycles. The molecule has 1 aromatic carbocycles. The molecule has 8 heteroatoms. The molecule has 0 radical (unpaired) electrons. The lowest BCUT2D eigenvalue weighted by Crippen LogP contribution is -2.34. The predicted molar refractivity (Wildman–Crippen MR) is 106 cm³/mol. The summed E-state index contributed by atoms with van der Waals surface area (Å²) in [5.41, 5.74) is 0.306. The normalized spacial score (nSPS) is 10.9. The van der Waals surface area contributed by atoms with E-state index in [1.54, 1.807) is 18.2 Å². The van der Waals surface area contributed by atoms with Crippen LogP contribution < -0.4 is 11.1 Å². The average molecular weight is 381 g/mol. The second kappa shape index (κ2) is 8.60. The summed E-state index contributed by atoms with van der Waals surface area (Å²) in [6, 6.07) is 9.85. The van der Waals surface area contributed by atoms with E-state index in [0.29, 0.717) is 29.8 Å². The zero-order valence-electron chi connectivity index (χ0n) is 16.0. The van der Waals surface area contributed by atoms with Crippen LogP contribution in [0, 0.1) is 0 Å². The quantitative estimate of drug-likeness (QED) is 0.674. The number of aromatic nitrogens is 4. The highest BCUT2D eigenvalue weighted by Gasteiger charge is 2.18. The zero-order chi connectivity index (χ0) is 20.1. The van der Waals surface area contributed by atoms with Crippen molar-refractivity contribution >= 4 is 16.8 Å². The Morgan fingerprint density at radius 3 is 2.68 bits per heavy atom. The molecule has 28 heavy (non-hydrogen) atoms. The second-order valence-electron chi connectivity index (χ2n) is 6.48. The lowest BCUT2D eigenvalue weighted by Gasteiger charge is -2.20. The standard InChI is InChI=1S/C20H23N5O3/c1-3-5-12-25-18(26)11-10-16(23-25)20(28)24(4-2)13-17-21-15-9-7-6-8-14(15)19(27)22-17/h6-11H,3-5,12-13H2,1-2H3,(H,21,22,27). The summed E-state index contributed by atoms with van der Waals surface area (Å²) < 4.78 is 1.32. The number of carbonyl (C=O) groups is 1. The number of nitrogens with zero attached hydrogens (tertiary/aromatic N) is 4. The van der Waals surface area contributed by atoms with Gasteiger partial charge >= 0.3 is 0 Å². The minimum absolute atomic E-state index is 0.144. The van der Waals surface area contributed by atoms with E-state index in [2.05, 4.69) is 15.1 Å². The maximum absolute atomic E-state index is 12.9. The molecular weight excluding hydrogens is 358 g/mol. The van der Waals surface area contributed by atoms with Crippen molar-refractivity contribution in [3.63, 3.8) is 0 Å². The second-order valence-corrected chi connectivity index (χ2v) is 6.48.